The van der Waals surface area contributed by atoms with Gasteiger partial charge in [-0.15, -0.1) is 11.3 Å². The summed E-state index contributed by atoms with van der Waals surface area (Å²) in [6.07, 6.45) is 2.12. The number of carbonyl (C=O) groups excluding carboxylic acids is 1. The van der Waals surface area contributed by atoms with Crippen LogP contribution in [0.5, 0.6) is 0 Å². The van der Waals surface area contributed by atoms with Crippen molar-refractivity contribution in [3.05, 3.63) is 21.9 Å². The van der Waals surface area contributed by atoms with E-state index in [9.17, 15) is 4.79 Å². The lowest BCUT2D eigenvalue weighted by Crippen LogP contribution is -2.33. The van der Waals surface area contributed by atoms with Crippen LogP contribution in [0.15, 0.2) is 11.4 Å². The summed E-state index contributed by atoms with van der Waals surface area (Å²) in [6.45, 7) is 2.59. The minimum Gasteiger partial charge on any atom is -0.395 e. The Kier molecular flexibility index (Phi) is 5.60. The van der Waals surface area contributed by atoms with Crippen molar-refractivity contribution in [3.8, 4) is 11.8 Å². The molecule has 0 aliphatic carbocycles. The highest BCUT2D eigenvalue weighted by Crippen LogP contribution is 2.19. The Morgan fingerprint density at radius 1 is 1.60 bits per heavy atom. The van der Waals surface area contributed by atoms with Crippen LogP contribution in [0.2, 0.25) is 0 Å². The van der Waals surface area contributed by atoms with E-state index in [-0.39, 0.29) is 24.7 Å². The average Bonchev–Trinajstić information content (AvgIpc) is 3.05. The molecule has 2 N–H and O–H groups in total. The Morgan fingerprint density at radius 2 is 2.45 bits per heavy atom. The van der Waals surface area contributed by atoms with Gasteiger partial charge in [0.1, 0.15) is 6.10 Å². The predicted octanol–water partition coefficient (Wildman–Crippen LogP) is 1.67. The van der Waals surface area contributed by atoms with Gasteiger partial charge in [0.05, 0.1) is 19.3 Å². The van der Waals surface area contributed by atoms with Crippen LogP contribution in [0.3, 0.4) is 0 Å². The lowest BCUT2D eigenvalue weighted by molar-refractivity contribution is -0.131. The fourth-order valence-corrected chi connectivity index (χ4v) is 2.80. The molecule has 108 valence electrons. The average molecular weight is 293 g/mol. The fraction of sp³-hybridized carbons (Fsp3) is 0.533. The van der Waals surface area contributed by atoms with Crippen LogP contribution in [0, 0.1) is 11.8 Å². The van der Waals surface area contributed by atoms with Gasteiger partial charge >= 0.3 is 0 Å². The summed E-state index contributed by atoms with van der Waals surface area (Å²) in [5.41, 5.74) is 0.929. The van der Waals surface area contributed by atoms with Gasteiger partial charge in [0.15, 0.2) is 0 Å². The monoisotopic (exact) mass is 293 g/mol. The Balaban J connectivity index is 1.79. The number of nitrogens with one attached hydrogen (secondary N) is 1. The zero-order valence-corrected chi connectivity index (χ0v) is 12.3. The number of aliphatic hydroxyl groups excluding tert-OH is 1. The molecule has 0 radical (unpaired) electrons. The van der Waals surface area contributed by atoms with E-state index in [1.807, 2.05) is 18.4 Å². The van der Waals surface area contributed by atoms with Crippen LogP contribution < -0.4 is 5.32 Å². The molecule has 1 aliphatic heterocycles. The molecule has 0 bridgehead atoms. The quantitative estimate of drug-likeness (QED) is 0.830. The van der Waals surface area contributed by atoms with Crippen LogP contribution in [-0.4, -0.2) is 29.8 Å². The van der Waals surface area contributed by atoms with Crippen molar-refractivity contribution in [2.45, 2.75) is 44.9 Å². The number of thiophene rings is 1. The molecule has 1 fully saturated rings. The number of aliphatic hydroxyl groups is 1. The van der Waals surface area contributed by atoms with E-state index >= 15 is 0 Å². The molecular weight excluding hydrogens is 274 g/mol. The van der Waals surface area contributed by atoms with Gasteiger partial charge in [0.25, 0.3) is 0 Å². The number of carbonyl (C=O) groups is 1. The second kappa shape index (κ2) is 7.44. The van der Waals surface area contributed by atoms with Crippen molar-refractivity contribution in [1.82, 2.24) is 5.32 Å². The van der Waals surface area contributed by atoms with Gasteiger partial charge in [-0.2, -0.15) is 0 Å². The third-order valence-corrected chi connectivity index (χ3v) is 4.02. The van der Waals surface area contributed by atoms with Crippen molar-refractivity contribution in [1.29, 1.82) is 0 Å². The molecule has 1 aliphatic rings. The van der Waals surface area contributed by atoms with Gasteiger partial charge < -0.3 is 15.2 Å². The van der Waals surface area contributed by atoms with E-state index in [4.69, 9.17) is 9.84 Å². The van der Waals surface area contributed by atoms with E-state index in [0.29, 0.717) is 13.0 Å². The largest absolute Gasteiger partial charge is 0.395 e. The number of hydrogen-bond acceptors (Lipinski definition) is 4. The summed E-state index contributed by atoms with van der Waals surface area (Å²) in [5, 5.41) is 13.5. The Bertz CT molecular complexity index is 515. The molecule has 1 saturated heterocycles. The van der Waals surface area contributed by atoms with Crippen LogP contribution >= 0.6 is 11.3 Å². The zero-order valence-electron chi connectivity index (χ0n) is 11.5. The molecule has 2 atom stereocenters. The third-order valence-electron chi connectivity index (χ3n) is 3.08. The summed E-state index contributed by atoms with van der Waals surface area (Å²) >= 11 is 1.57. The molecule has 1 aromatic heterocycles. The fourth-order valence-electron chi connectivity index (χ4n) is 2.04. The number of ether oxygens (including phenoxy) is 1. The molecule has 2 rings (SSSR count). The van der Waals surface area contributed by atoms with Gasteiger partial charge in [-0.1, -0.05) is 11.8 Å². The number of amides is 1. The molecule has 5 heteroatoms. The number of hydrogen-bond donors (Lipinski definition) is 2. The first-order valence-corrected chi connectivity index (χ1v) is 7.67. The van der Waals surface area contributed by atoms with Crippen molar-refractivity contribution < 1.29 is 14.6 Å². The number of rotatable bonds is 4. The smallest absolute Gasteiger partial charge is 0.249 e. The van der Waals surface area contributed by atoms with E-state index < -0.39 is 0 Å². The first-order valence-electron chi connectivity index (χ1n) is 6.79. The Labute approximate surface area is 123 Å². The molecule has 2 unspecified atom stereocenters. The molecule has 4 nitrogen and oxygen atoms in total. The first kappa shape index (κ1) is 15.0. The van der Waals surface area contributed by atoms with Gasteiger partial charge in [-0.25, -0.2) is 0 Å². The Hall–Kier alpha value is -1.35. The summed E-state index contributed by atoms with van der Waals surface area (Å²) < 4.78 is 5.53. The van der Waals surface area contributed by atoms with Crippen LogP contribution in [-0.2, 0) is 16.1 Å². The summed E-state index contributed by atoms with van der Waals surface area (Å²) in [4.78, 5) is 13.0. The molecular formula is C15H19NO3S. The van der Waals surface area contributed by atoms with Gasteiger partial charge in [0, 0.05) is 22.2 Å². The molecule has 0 spiro atoms. The van der Waals surface area contributed by atoms with E-state index in [2.05, 4.69) is 17.2 Å². The van der Waals surface area contributed by atoms with E-state index in [0.717, 1.165) is 23.3 Å². The second-order valence-electron chi connectivity index (χ2n) is 4.81. The first-order chi connectivity index (χ1) is 9.69. The Morgan fingerprint density at radius 3 is 3.15 bits per heavy atom. The highest BCUT2D eigenvalue weighted by molar-refractivity contribution is 7.10. The maximum Gasteiger partial charge on any atom is 0.249 e. The highest BCUT2D eigenvalue weighted by Gasteiger charge is 2.27. The molecule has 20 heavy (non-hydrogen) atoms. The lowest BCUT2D eigenvalue weighted by Gasteiger charge is -2.10. The van der Waals surface area contributed by atoms with Crippen molar-refractivity contribution in [3.63, 3.8) is 0 Å². The molecule has 1 aromatic rings. The van der Waals surface area contributed by atoms with Crippen molar-refractivity contribution in [2.24, 2.45) is 0 Å². The van der Waals surface area contributed by atoms with Crippen LogP contribution in [0.25, 0.3) is 0 Å². The van der Waals surface area contributed by atoms with E-state index in [1.54, 1.807) is 11.3 Å². The molecule has 1 amide bonds. The van der Waals surface area contributed by atoms with Crippen molar-refractivity contribution >= 4 is 17.2 Å². The molecule has 0 aromatic carbocycles. The van der Waals surface area contributed by atoms with Crippen LogP contribution in [0.1, 0.15) is 36.6 Å². The topological polar surface area (TPSA) is 58.6 Å². The summed E-state index contributed by atoms with van der Waals surface area (Å²) in [7, 11) is 0. The van der Waals surface area contributed by atoms with Gasteiger partial charge in [-0.3, -0.25) is 4.79 Å². The minimum atomic E-state index is -0.297. The summed E-state index contributed by atoms with van der Waals surface area (Å²) in [5.74, 6) is 5.82. The second-order valence-corrected chi connectivity index (χ2v) is 5.80. The third kappa shape index (κ3) is 4.34. The molecule has 2 heterocycles. The normalized spacial score (nSPS) is 21.3. The highest BCUT2D eigenvalue weighted by atomic mass is 32.1. The van der Waals surface area contributed by atoms with E-state index in [1.165, 1.54) is 0 Å². The standard InChI is InChI=1S/C15H19NO3S/c1-11-5-6-14(19-11)15(18)16-9-13-8-12(10-20-13)4-2-3-7-17/h8,10-11,14,17H,3,5-7,9H2,1H3,(H,16,18). The lowest BCUT2D eigenvalue weighted by atomic mass is 10.2. The minimum absolute atomic E-state index is 0.0318. The summed E-state index contributed by atoms with van der Waals surface area (Å²) in [6, 6.07) is 1.97. The maximum absolute atomic E-state index is 11.9. The molecule has 0 saturated carbocycles. The maximum atomic E-state index is 11.9. The van der Waals surface area contributed by atoms with Crippen molar-refractivity contribution in [2.75, 3.05) is 6.61 Å². The van der Waals surface area contributed by atoms with Gasteiger partial charge in [0.2, 0.25) is 5.91 Å². The van der Waals surface area contributed by atoms with Gasteiger partial charge in [-0.05, 0) is 25.8 Å². The SMILES string of the molecule is CC1CCC(C(=O)NCc2cc(C#CCCO)cs2)O1. The predicted molar refractivity (Wildman–Crippen MR) is 78.3 cm³/mol. The zero-order chi connectivity index (χ0) is 14.4. The van der Waals surface area contributed by atoms with Crippen LogP contribution in [0.4, 0.5) is 0 Å².